The van der Waals surface area contributed by atoms with E-state index in [2.05, 4.69) is 21.2 Å². The van der Waals surface area contributed by atoms with Crippen molar-refractivity contribution in [2.45, 2.75) is 12.7 Å². The van der Waals surface area contributed by atoms with Gasteiger partial charge in [-0.2, -0.15) is 13.2 Å². The Morgan fingerprint density at radius 2 is 1.77 bits per heavy atom. The number of halogens is 4. The molecule has 0 spiro atoms. The number of carbonyl (C=O) groups excluding carboxylic acids is 1. The number of aromatic nitrogens is 1. The van der Waals surface area contributed by atoms with Gasteiger partial charge < -0.3 is 9.88 Å². The number of benzene rings is 2. The van der Waals surface area contributed by atoms with Gasteiger partial charge in [-0.1, -0.05) is 28.1 Å². The van der Waals surface area contributed by atoms with E-state index in [-0.39, 0.29) is 12.5 Å². The predicted octanol–water partition coefficient (Wildman–Crippen LogP) is 5.19. The Bertz CT molecular complexity index is 917. The maximum Gasteiger partial charge on any atom is 0.416 e. The van der Waals surface area contributed by atoms with E-state index in [1.54, 1.807) is 29.0 Å². The van der Waals surface area contributed by atoms with E-state index in [4.69, 9.17) is 0 Å². The highest BCUT2D eigenvalue weighted by Crippen LogP contribution is 2.29. The number of rotatable bonds is 4. The molecular formula is C19H14BrF3N2O. The Balaban J connectivity index is 1.74. The molecule has 0 saturated heterocycles. The molecule has 0 aliphatic heterocycles. The zero-order valence-electron chi connectivity index (χ0n) is 13.4. The van der Waals surface area contributed by atoms with Gasteiger partial charge in [0.25, 0.3) is 5.91 Å². The molecule has 134 valence electrons. The SMILES string of the molecule is O=C(NCc1cccc(C(F)(F)F)c1)c1cccn1-c1ccc(Br)cc1. The average molecular weight is 423 g/mol. The van der Waals surface area contributed by atoms with Crippen molar-refractivity contribution in [2.24, 2.45) is 0 Å². The van der Waals surface area contributed by atoms with E-state index in [1.807, 2.05) is 24.3 Å². The van der Waals surface area contributed by atoms with Gasteiger partial charge in [0.2, 0.25) is 0 Å². The van der Waals surface area contributed by atoms with Gasteiger partial charge in [-0.05, 0) is 54.1 Å². The summed E-state index contributed by atoms with van der Waals surface area (Å²) in [6.45, 7) is 0.00821. The largest absolute Gasteiger partial charge is 0.416 e. The summed E-state index contributed by atoms with van der Waals surface area (Å²) in [7, 11) is 0. The first-order chi connectivity index (χ1) is 12.3. The highest BCUT2D eigenvalue weighted by Gasteiger charge is 2.30. The lowest BCUT2D eigenvalue weighted by Gasteiger charge is -2.11. The van der Waals surface area contributed by atoms with Gasteiger partial charge in [0, 0.05) is 22.9 Å². The van der Waals surface area contributed by atoms with E-state index < -0.39 is 11.7 Å². The summed E-state index contributed by atoms with van der Waals surface area (Å²) in [5.41, 5.74) is 0.860. The van der Waals surface area contributed by atoms with Crippen LogP contribution in [0, 0.1) is 0 Å². The number of hydrogen-bond acceptors (Lipinski definition) is 1. The second-order valence-corrected chi connectivity index (χ2v) is 6.54. The fraction of sp³-hybridized carbons (Fsp3) is 0.105. The molecule has 0 radical (unpaired) electrons. The molecular weight excluding hydrogens is 409 g/mol. The first kappa shape index (κ1) is 18.3. The minimum Gasteiger partial charge on any atom is -0.347 e. The molecule has 1 amide bonds. The summed E-state index contributed by atoms with van der Waals surface area (Å²) >= 11 is 3.36. The maximum absolute atomic E-state index is 12.8. The first-order valence-corrected chi connectivity index (χ1v) is 8.51. The third-order valence-corrected chi connectivity index (χ3v) is 4.32. The molecule has 0 unspecified atom stereocenters. The van der Waals surface area contributed by atoms with Crippen molar-refractivity contribution in [1.29, 1.82) is 0 Å². The molecule has 0 fully saturated rings. The van der Waals surface area contributed by atoms with Crippen LogP contribution in [-0.4, -0.2) is 10.5 Å². The topological polar surface area (TPSA) is 34.0 Å². The quantitative estimate of drug-likeness (QED) is 0.616. The van der Waals surface area contributed by atoms with Crippen molar-refractivity contribution in [3.63, 3.8) is 0 Å². The predicted molar refractivity (Wildman–Crippen MR) is 96.1 cm³/mol. The van der Waals surface area contributed by atoms with Crippen molar-refractivity contribution in [2.75, 3.05) is 0 Å². The van der Waals surface area contributed by atoms with Crippen LogP contribution in [0.3, 0.4) is 0 Å². The second-order valence-electron chi connectivity index (χ2n) is 5.62. The van der Waals surface area contributed by atoms with Gasteiger partial charge in [0.1, 0.15) is 5.69 Å². The van der Waals surface area contributed by atoms with Crippen molar-refractivity contribution in [1.82, 2.24) is 9.88 Å². The third kappa shape index (κ3) is 4.16. The van der Waals surface area contributed by atoms with Gasteiger partial charge in [-0.3, -0.25) is 4.79 Å². The van der Waals surface area contributed by atoms with Gasteiger partial charge in [0.05, 0.1) is 5.56 Å². The van der Waals surface area contributed by atoms with E-state index in [1.165, 1.54) is 6.07 Å². The summed E-state index contributed by atoms with van der Waals surface area (Å²) in [6, 6.07) is 15.7. The monoisotopic (exact) mass is 422 g/mol. The molecule has 0 aliphatic rings. The number of amides is 1. The summed E-state index contributed by atoms with van der Waals surface area (Å²) in [6.07, 6.45) is -2.65. The van der Waals surface area contributed by atoms with Gasteiger partial charge in [-0.25, -0.2) is 0 Å². The normalized spacial score (nSPS) is 11.4. The minimum atomic E-state index is -4.41. The van der Waals surface area contributed by atoms with Crippen LogP contribution in [0.2, 0.25) is 0 Å². The lowest BCUT2D eigenvalue weighted by atomic mass is 10.1. The van der Waals surface area contributed by atoms with Crippen LogP contribution in [0.1, 0.15) is 21.6 Å². The maximum atomic E-state index is 12.8. The molecule has 0 bridgehead atoms. The zero-order chi connectivity index (χ0) is 18.7. The van der Waals surface area contributed by atoms with Crippen LogP contribution >= 0.6 is 15.9 Å². The fourth-order valence-electron chi connectivity index (χ4n) is 2.52. The van der Waals surface area contributed by atoms with Crippen molar-refractivity contribution in [3.8, 4) is 5.69 Å². The smallest absolute Gasteiger partial charge is 0.347 e. The van der Waals surface area contributed by atoms with Gasteiger partial charge >= 0.3 is 6.18 Å². The molecule has 3 nitrogen and oxygen atoms in total. The molecule has 1 heterocycles. The third-order valence-electron chi connectivity index (χ3n) is 3.79. The van der Waals surface area contributed by atoms with Crippen LogP contribution in [0.25, 0.3) is 5.69 Å². The van der Waals surface area contributed by atoms with E-state index >= 15 is 0 Å². The fourth-order valence-corrected chi connectivity index (χ4v) is 2.79. The molecule has 3 rings (SSSR count). The van der Waals surface area contributed by atoms with Crippen molar-refractivity contribution < 1.29 is 18.0 Å². The number of hydrogen-bond donors (Lipinski definition) is 1. The average Bonchev–Trinajstić information content (AvgIpc) is 3.09. The summed E-state index contributed by atoms with van der Waals surface area (Å²) in [5.74, 6) is -0.365. The Morgan fingerprint density at radius 3 is 2.46 bits per heavy atom. The van der Waals surface area contributed by atoms with Crippen LogP contribution < -0.4 is 5.32 Å². The number of carbonyl (C=O) groups is 1. The molecule has 1 aromatic heterocycles. The van der Waals surface area contributed by atoms with Gasteiger partial charge in [0.15, 0.2) is 0 Å². The van der Waals surface area contributed by atoms with E-state index in [9.17, 15) is 18.0 Å². The van der Waals surface area contributed by atoms with Crippen LogP contribution in [0.4, 0.5) is 13.2 Å². The summed E-state index contributed by atoms with van der Waals surface area (Å²) < 4.78 is 40.9. The number of nitrogens with one attached hydrogen (secondary N) is 1. The number of alkyl halides is 3. The highest BCUT2D eigenvalue weighted by atomic mass is 79.9. The Kier molecular flexibility index (Phi) is 5.18. The lowest BCUT2D eigenvalue weighted by molar-refractivity contribution is -0.137. The minimum absolute atomic E-state index is 0.00821. The standard InChI is InChI=1S/C19H14BrF3N2O/c20-15-6-8-16(9-7-15)25-10-2-5-17(25)18(26)24-12-13-3-1-4-14(11-13)19(21,22)23/h1-11H,12H2,(H,24,26). The molecule has 0 saturated carbocycles. The zero-order valence-corrected chi connectivity index (χ0v) is 15.0. The molecule has 2 aromatic carbocycles. The summed E-state index contributed by atoms with van der Waals surface area (Å²) in [4.78, 5) is 12.5. The number of nitrogens with zero attached hydrogens (tertiary/aromatic N) is 1. The molecule has 1 N–H and O–H groups in total. The van der Waals surface area contributed by atoms with Crippen LogP contribution in [-0.2, 0) is 12.7 Å². The molecule has 0 atom stereocenters. The molecule has 0 aliphatic carbocycles. The lowest BCUT2D eigenvalue weighted by Crippen LogP contribution is -2.25. The molecule has 26 heavy (non-hydrogen) atoms. The Morgan fingerprint density at radius 1 is 1.04 bits per heavy atom. The second kappa shape index (κ2) is 7.37. The first-order valence-electron chi connectivity index (χ1n) is 7.72. The van der Waals surface area contributed by atoms with E-state index in [0.717, 1.165) is 22.3 Å². The van der Waals surface area contributed by atoms with Crippen molar-refractivity contribution in [3.05, 3.63) is 88.2 Å². The molecule has 3 aromatic rings. The van der Waals surface area contributed by atoms with Gasteiger partial charge in [-0.15, -0.1) is 0 Å². The van der Waals surface area contributed by atoms with Crippen molar-refractivity contribution >= 4 is 21.8 Å². The molecule has 7 heteroatoms. The van der Waals surface area contributed by atoms with Crippen LogP contribution in [0.5, 0.6) is 0 Å². The Labute approximate surface area is 156 Å². The Hall–Kier alpha value is -2.54. The highest BCUT2D eigenvalue weighted by molar-refractivity contribution is 9.10. The van der Waals surface area contributed by atoms with E-state index in [0.29, 0.717) is 11.3 Å². The van der Waals surface area contributed by atoms with Crippen LogP contribution in [0.15, 0.2) is 71.3 Å². The summed E-state index contributed by atoms with van der Waals surface area (Å²) in [5, 5.41) is 2.67.